The molecule has 0 radical (unpaired) electrons. The van der Waals surface area contributed by atoms with E-state index in [-0.39, 0.29) is 102 Å². The molecule has 8 aromatic carbocycles. The van der Waals surface area contributed by atoms with Gasteiger partial charge in [0.15, 0.2) is 0 Å². The first-order valence-corrected chi connectivity index (χ1v) is 44.4. The largest absolute Gasteiger partial charge is 0.445 e. The number of ether oxygens (including phenoxy) is 4. The average Bonchev–Trinajstić information content (AvgIpc) is 0.948. The normalized spacial score (nSPS) is 28.3. The summed E-state index contributed by atoms with van der Waals surface area (Å²) < 4.78 is 89.5. The fourth-order valence-corrected chi connectivity index (χ4v) is 22.2. The number of fused-ring (bicyclic) bond motifs is 12. The molecule has 636 valence electrons. The number of nitrogens with one attached hydrogen (secondary N) is 1. The van der Waals surface area contributed by atoms with Gasteiger partial charge in [0, 0.05) is 132 Å². The quantitative estimate of drug-likeness (QED) is 0.103. The fraction of sp³-hybridized carbons (Fsp3) is 0.469. The molecular weight excluding hydrogens is 1540 g/mol. The fourth-order valence-electron chi connectivity index (χ4n) is 22.2. The maximum absolute atomic E-state index is 13.6. The van der Waals surface area contributed by atoms with Crippen molar-refractivity contribution in [3.05, 3.63) is 284 Å². The van der Waals surface area contributed by atoms with Crippen molar-refractivity contribution >= 4 is 37.2 Å². The first-order chi connectivity index (χ1) is 58.4. The smallest absolute Gasteiger partial charge is 0.410 e. The molecule has 120 heavy (non-hydrogen) atoms. The second kappa shape index (κ2) is 39.5. The van der Waals surface area contributed by atoms with Gasteiger partial charge in [-0.3, -0.25) is 19.6 Å². The summed E-state index contributed by atoms with van der Waals surface area (Å²) in [6.07, 6.45) is 13.9. The lowest BCUT2D eigenvalue weighted by Crippen LogP contribution is -2.49. The molecule has 4 saturated heterocycles. The maximum atomic E-state index is 13.6. The van der Waals surface area contributed by atoms with Crippen LogP contribution in [0, 0.1) is 70.6 Å². The van der Waals surface area contributed by atoms with Crippen molar-refractivity contribution < 1.29 is 59.6 Å². The summed E-state index contributed by atoms with van der Waals surface area (Å²) in [5.74, 6) is 2.90. The summed E-state index contributed by atoms with van der Waals surface area (Å²) in [7, 11) is 6.44. The van der Waals surface area contributed by atoms with Gasteiger partial charge in [0.1, 0.15) is 54.6 Å². The third-order valence-electron chi connectivity index (χ3n) is 27.6. The Balaban J connectivity index is 0.000000122. The summed E-state index contributed by atoms with van der Waals surface area (Å²) in [5, 5.41) is 3.55. The first kappa shape index (κ1) is 86.0. The number of benzene rings is 8. The van der Waals surface area contributed by atoms with Crippen LogP contribution in [0.5, 0.6) is 0 Å². The van der Waals surface area contributed by atoms with Crippen molar-refractivity contribution in [2.75, 3.05) is 106 Å². The average molecular weight is 1660 g/mol. The van der Waals surface area contributed by atoms with E-state index in [2.05, 4.69) is 114 Å². The number of piperidine rings is 4. The number of nitrogens with zero attached hydrogens (tertiary/aromatic N) is 7. The zero-order valence-corrected chi connectivity index (χ0v) is 70.5. The van der Waals surface area contributed by atoms with Crippen molar-refractivity contribution in [3.63, 3.8) is 0 Å². The Hall–Kier alpha value is -9.00. The first-order valence-electron chi connectivity index (χ1n) is 43.3. The van der Waals surface area contributed by atoms with Gasteiger partial charge in [-0.2, -0.15) is 3.89 Å². The van der Waals surface area contributed by atoms with Crippen LogP contribution in [0.2, 0.25) is 0 Å². The van der Waals surface area contributed by atoms with E-state index in [1.165, 1.54) is 83.3 Å². The Morgan fingerprint density at radius 3 is 0.892 bits per heavy atom. The molecule has 16 nitrogen and oxygen atoms in total. The number of halogens is 5. The molecule has 1 N–H and O–H groups in total. The van der Waals surface area contributed by atoms with E-state index in [1.807, 2.05) is 70.0 Å². The molecule has 9 unspecified atom stereocenters. The lowest BCUT2D eigenvalue weighted by Gasteiger charge is -2.43. The van der Waals surface area contributed by atoms with Gasteiger partial charge in [-0.1, -0.05) is 146 Å². The van der Waals surface area contributed by atoms with Crippen LogP contribution in [0.4, 0.5) is 35.8 Å². The molecular formula is C98H115F5N8O8S. The summed E-state index contributed by atoms with van der Waals surface area (Å²) in [6, 6.07) is 59.2. The van der Waals surface area contributed by atoms with Gasteiger partial charge in [-0.15, -0.1) is 0 Å². The Morgan fingerprint density at radius 1 is 0.367 bits per heavy atom. The van der Waals surface area contributed by atoms with Gasteiger partial charge in [-0.05, 0) is 232 Å². The minimum Gasteiger partial charge on any atom is -0.445 e. The van der Waals surface area contributed by atoms with Gasteiger partial charge in [0.2, 0.25) is 0 Å². The van der Waals surface area contributed by atoms with Crippen molar-refractivity contribution in [1.29, 1.82) is 0 Å². The van der Waals surface area contributed by atoms with Crippen LogP contribution < -0.4 is 5.32 Å². The maximum Gasteiger partial charge on any atom is 0.410 e. The third-order valence-corrected chi connectivity index (χ3v) is 27.6. The second-order valence-corrected chi connectivity index (χ2v) is 35.3. The molecule has 12 aliphatic rings. The van der Waals surface area contributed by atoms with Crippen LogP contribution in [-0.4, -0.2) is 196 Å². The highest BCUT2D eigenvalue weighted by atomic mass is 32.2. The number of rotatable bonds is 10. The lowest BCUT2D eigenvalue weighted by molar-refractivity contribution is -0.131. The predicted molar refractivity (Wildman–Crippen MR) is 457 cm³/mol. The number of carbonyl (C=O) groups is 4. The van der Waals surface area contributed by atoms with Crippen molar-refractivity contribution in [2.45, 2.75) is 139 Å². The van der Waals surface area contributed by atoms with E-state index in [9.17, 15) is 35.8 Å². The minimum absolute atomic E-state index is 0.0183. The monoisotopic (exact) mass is 1660 g/mol. The lowest BCUT2D eigenvalue weighted by atomic mass is 9.88. The zero-order chi connectivity index (χ0) is 83.7. The number of amides is 3. The molecule has 0 aromatic heterocycles. The summed E-state index contributed by atoms with van der Waals surface area (Å²) in [5.41, 5.74) is 13.6. The van der Waals surface area contributed by atoms with Crippen LogP contribution in [0.15, 0.2) is 194 Å². The molecule has 20 rings (SSSR count). The number of carbonyl (C=O) groups excluding carboxylic acids is 4. The molecule has 3 amide bonds. The Morgan fingerprint density at radius 2 is 0.608 bits per heavy atom. The van der Waals surface area contributed by atoms with Crippen LogP contribution in [-0.2, 0) is 49.4 Å². The van der Waals surface area contributed by atoms with Gasteiger partial charge >= 0.3 is 18.3 Å². The predicted octanol–water partition coefficient (Wildman–Crippen LogP) is 17.9. The molecule has 8 aliphatic heterocycles. The summed E-state index contributed by atoms with van der Waals surface area (Å²) >= 11 is 0.250. The van der Waals surface area contributed by atoms with E-state index in [4.69, 9.17) is 23.7 Å². The Kier molecular flexibility index (Phi) is 28.3. The van der Waals surface area contributed by atoms with Gasteiger partial charge in [-0.25, -0.2) is 31.9 Å². The van der Waals surface area contributed by atoms with E-state index >= 15 is 0 Å². The standard InChI is InChI=1S/3C24H27FN2O2.C24H29FN2O.CH3FS.CH2O/c3*1-26-14-18-6-7-19(15-26)23(18)29-24(28)27-13-12-16-4-2-3-5-21(16)22(27)17-8-10-20(25)11-9-17;1-16(28-24-19-6-7-20(24)15-26-14-19)27-13-12-17-4-2-3-5-22(17)23(27)18-8-10-21(25)11-9-18;1-3-2;1-2/h3*2-5,8-11,18-19,22-23H,6-7,12-15H2,1H3;2-5,8-11,16,19-20,23-24,26H,6-7,12-15H2,1H3;1H3;1H2/t3*18?,19?,22-,23?;16?,19?,20?,23-,24?;;/m0000../s1. The molecule has 0 spiro atoms. The highest BCUT2D eigenvalue weighted by molar-refractivity contribution is 7.93. The number of likely N-dealkylation sites (tertiary alicyclic amines) is 3. The highest BCUT2D eigenvalue weighted by Crippen LogP contribution is 2.47. The van der Waals surface area contributed by atoms with Crippen molar-refractivity contribution in [1.82, 2.24) is 39.6 Å². The molecule has 13 atom stereocenters. The summed E-state index contributed by atoms with van der Waals surface area (Å²) in [4.78, 5) is 63.1. The van der Waals surface area contributed by atoms with E-state index < -0.39 is 0 Å². The highest BCUT2D eigenvalue weighted by Gasteiger charge is 2.50. The third kappa shape index (κ3) is 19.2. The molecule has 8 heterocycles. The van der Waals surface area contributed by atoms with Gasteiger partial charge in [0.25, 0.3) is 0 Å². The zero-order valence-electron chi connectivity index (χ0n) is 69.7. The van der Waals surface area contributed by atoms with Gasteiger partial charge in [0.05, 0.1) is 30.3 Å². The Bertz CT molecular complexity index is 4340. The number of hydrogen-bond acceptors (Lipinski definition) is 14. The van der Waals surface area contributed by atoms with Crippen LogP contribution in [0.3, 0.4) is 0 Å². The topological polar surface area (TPSA) is 140 Å². The van der Waals surface area contributed by atoms with Crippen LogP contribution in [0.25, 0.3) is 0 Å². The molecule has 22 heteroatoms. The Labute approximate surface area is 708 Å². The van der Waals surface area contributed by atoms with E-state index in [0.717, 1.165) is 162 Å². The van der Waals surface area contributed by atoms with Gasteiger partial charge < -0.3 is 43.8 Å². The molecule has 8 fully saturated rings. The SMILES string of the molecule is C=O.CC(OC1C2CCC1CNC2)N1CCc2ccccc2[C@@H]1c1ccc(F)cc1.CN1CC2CCC(C1)C2OC(=O)N1CCc2ccccc2[C@@H]1c1ccc(F)cc1.CN1CC2CCC(C1)C2OC(=O)N1CCc2ccccc2[C@@H]1c1ccc(F)cc1.CN1CC2CCC(C1)C2OC(=O)N1CCc2ccccc2[C@@H]1c1ccc(F)cc1.CSF. The molecule has 4 saturated carbocycles. The molecule has 8 bridgehead atoms. The minimum atomic E-state index is -0.269. The second-order valence-electron chi connectivity index (χ2n) is 35.0. The number of hydrogen-bond donors (Lipinski definition) is 1. The van der Waals surface area contributed by atoms with Crippen LogP contribution >= 0.6 is 12.1 Å². The van der Waals surface area contributed by atoms with Crippen molar-refractivity contribution in [3.8, 4) is 0 Å². The van der Waals surface area contributed by atoms with E-state index in [1.54, 1.807) is 48.5 Å². The molecule has 4 aliphatic carbocycles. The summed E-state index contributed by atoms with van der Waals surface area (Å²) in [6.45, 7) is 15.1. The van der Waals surface area contributed by atoms with Crippen LogP contribution in [0.1, 0.15) is 149 Å². The molecule has 8 aromatic rings. The van der Waals surface area contributed by atoms with E-state index in [0.29, 0.717) is 73.1 Å². The van der Waals surface area contributed by atoms with Crippen molar-refractivity contribution in [2.24, 2.45) is 47.3 Å².